The zero-order valence-electron chi connectivity index (χ0n) is 22.0. The summed E-state index contributed by atoms with van der Waals surface area (Å²) in [4.78, 5) is 21.0. The number of aliphatic imine (C=N–C) groups is 1. The molecule has 2 aliphatic rings. The van der Waals surface area contributed by atoms with Crippen LogP contribution < -0.4 is 10.0 Å². The number of amides is 1. The molecule has 1 amide bonds. The first-order valence-corrected chi connectivity index (χ1v) is 14.9. The van der Waals surface area contributed by atoms with Crippen molar-refractivity contribution in [1.29, 1.82) is 0 Å². The SMILES string of the molecule is O=C1Nc2ccc(NS(=O)(=O)c3ccccc3)cc2C1C(=Nc1ccc(CN2CCCC2)cc1)c1ccccc1. The van der Waals surface area contributed by atoms with Gasteiger partial charge in [0.2, 0.25) is 5.91 Å². The zero-order valence-corrected chi connectivity index (χ0v) is 22.8. The first-order chi connectivity index (χ1) is 19.5. The van der Waals surface area contributed by atoms with Crippen molar-refractivity contribution in [3.63, 3.8) is 0 Å². The second-order valence-electron chi connectivity index (χ2n) is 10.2. The first kappa shape index (κ1) is 26.0. The van der Waals surface area contributed by atoms with E-state index in [1.54, 1.807) is 48.5 Å². The number of fused-ring (bicyclic) bond motifs is 1. The van der Waals surface area contributed by atoms with E-state index in [0.717, 1.165) is 30.9 Å². The van der Waals surface area contributed by atoms with Crippen molar-refractivity contribution >= 4 is 38.7 Å². The van der Waals surface area contributed by atoms with E-state index < -0.39 is 15.9 Å². The molecule has 8 heteroatoms. The maximum atomic E-state index is 13.4. The Morgan fingerprint density at radius 3 is 2.25 bits per heavy atom. The molecule has 4 aromatic carbocycles. The molecule has 1 atom stereocenters. The number of nitrogens with zero attached hydrogens (tertiary/aromatic N) is 2. The summed E-state index contributed by atoms with van der Waals surface area (Å²) < 4.78 is 28.6. The van der Waals surface area contributed by atoms with Crippen LogP contribution in [0.1, 0.15) is 35.4 Å². The van der Waals surface area contributed by atoms with Gasteiger partial charge in [-0.25, -0.2) is 8.42 Å². The van der Waals surface area contributed by atoms with Gasteiger partial charge in [-0.05, 0) is 85.1 Å². The van der Waals surface area contributed by atoms with Crippen molar-refractivity contribution in [1.82, 2.24) is 4.90 Å². The Balaban J connectivity index is 1.34. The molecule has 6 rings (SSSR count). The van der Waals surface area contributed by atoms with E-state index >= 15 is 0 Å². The van der Waals surface area contributed by atoms with Gasteiger partial charge in [-0.1, -0.05) is 60.7 Å². The highest BCUT2D eigenvalue weighted by atomic mass is 32.2. The number of rotatable bonds is 8. The summed E-state index contributed by atoms with van der Waals surface area (Å²) in [5.41, 5.74) is 5.11. The van der Waals surface area contributed by atoms with Crippen LogP contribution in [0.15, 0.2) is 113 Å². The lowest BCUT2D eigenvalue weighted by atomic mass is 9.90. The largest absolute Gasteiger partial charge is 0.325 e. The third-order valence-corrected chi connectivity index (χ3v) is 8.72. The number of anilines is 2. The van der Waals surface area contributed by atoms with Gasteiger partial charge in [-0.3, -0.25) is 19.4 Å². The summed E-state index contributed by atoms with van der Waals surface area (Å²) in [6.07, 6.45) is 2.51. The average molecular weight is 551 g/mol. The van der Waals surface area contributed by atoms with Crippen LogP contribution in [0.3, 0.4) is 0 Å². The third kappa shape index (κ3) is 5.54. The fourth-order valence-electron chi connectivity index (χ4n) is 5.33. The fourth-order valence-corrected chi connectivity index (χ4v) is 6.40. The number of sulfonamides is 1. The lowest BCUT2D eigenvalue weighted by molar-refractivity contribution is -0.115. The molecule has 0 bridgehead atoms. The Bertz CT molecular complexity index is 1650. The number of benzene rings is 4. The van der Waals surface area contributed by atoms with Crippen LogP contribution in [0, 0.1) is 0 Å². The van der Waals surface area contributed by atoms with Gasteiger partial charge in [0.1, 0.15) is 5.92 Å². The van der Waals surface area contributed by atoms with E-state index in [4.69, 9.17) is 4.99 Å². The molecule has 40 heavy (non-hydrogen) atoms. The van der Waals surface area contributed by atoms with Gasteiger partial charge in [0.15, 0.2) is 0 Å². The average Bonchev–Trinajstić information content (AvgIpc) is 3.60. The molecular formula is C32H30N4O3S. The fraction of sp³-hybridized carbons (Fsp3) is 0.188. The Morgan fingerprint density at radius 2 is 1.55 bits per heavy atom. The third-order valence-electron chi connectivity index (χ3n) is 7.32. The number of carbonyl (C=O) groups excluding carboxylic acids is 1. The standard InChI is InChI=1S/C32H30N4O3S/c37-32-30(28-21-26(17-18-29(28)34-32)35-40(38,39)27-11-5-2-6-12-27)31(24-9-3-1-4-10-24)33-25-15-13-23(14-16-25)22-36-19-7-8-20-36/h1-6,9-18,21,30,35H,7-8,19-20,22H2,(H,34,37). The van der Waals surface area contributed by atoms with E-state index in [1.807, 2.05) is 42.5 Å². The molecule has 2 N–H and O–H groups in total. The topological polar surface area (TPSA) is 90.9 Å². The van der Waals surface area contributed by atoms with Gasteiger partial charge in [-0.2, -0.15) is 0 Å². The van der Waals surface area contributed by atoms with Crippen LogP contribution >= 0.6 is 0 Å². The van der Waals surface area contributed by atoms with E-state index in [-0.39, 0.29) is 10.8 Å². The number of likely N-dealkylation sites (tertiary alicyclic amines) is 1. The molecule has 0 saturated carbocycles. The second-order valence-corrected chi connectivity index (χ2v) is 11.8. The quantitative estimate of drug-likeness (QED) is 0.266. The molecule has 202 valence electrons. The molecule has 1 unspecified atom stereocenters. The minimum absolute atomic E-state index is 0.168. The van der Waals surface area contributed by atoms with Crippen molar-refractivity contribution in [2.24, 2.45) is 4.99 Å². The van der Waals surface area contributed by atoms with Crippen molar-refractivity contribution in [2.45, 2.75) is 30.2 Å². The number of carbonyl (C=O) groups is 1. The van der Waals surface area contributed by atoms with Crippen molar-refractivity contribution in [3.05, 3.63) is 120 Å². The molecule has 4 aromatic rings. The highest BCUT2D eigenvalue weighted by Crippen LogP contribution is 2.38. The molecule has 0 aliphatic carbocycles. The second kappa shape index (κ2) is 11.1. The Morgan fingerprint density at radius 1 is 0.875 bits per heavy atom. The predicted molar refractivity (Wildman–Crippen MR) is 159 cm³/mol. The van der Waals surface area contributed by atoms with E-state index in [2.05, 4.69) is 27.1 Å². The van der Waals surface area contributed by atoms with Crippen molar-refractivity contribution in [2.75, 3.05) is 23.1 Å². The molecule has 7 nitrogen and oxygen atoms in total. The van der Waals surface area contributed by atoms with Crippen LogP contribution in [0.25, 0.3) is 0 Å². The molecule has 2 aliphatic heterocycles. The van der Waals surface area contributed by atoms with E-state index in [0.29, 0.717) is 22.6 Å². The van der Waals surface area contributed by atoms with E-state index in [9.17, 15) is 13.2 Å². The lowest BCUT2D eigenvalue weighted by Crippen LogP contribution is -2.22. The summed E-state index contributed by atoms with van der Waals surface area (Å²) in [5, 5.41) is 2.95. The molecular weight excluding hydrogens is 520 g/mol. The van der Waals surface area contributed by atoms with Gasteiger partial charge in [0.05, 0.1) is 16.3 Å². The number of nitrogens with one attached hydrogen (secondary N) is 2. The highest BCUT2D eigenvalue weighted by molar-refractivity contribution is 7.92. The van der Waals surface area contributed by atoms with Gasteiger partial charge in [0.25, 0.3) is 10.0 Å². The van der Waals surface area contributed by atoms with Gasteiger partial charge in [0, 0.05) is 17.9 Å². The number of hydrogen-bond donors (Lipinski definition) is 2. The van der Waals surface area contributed by atoms with E-state index in [1.165, 1.54) is 18.4 Å². The Hall–Kier alpha value is -4.27. The molecule has 0 radical (unpaired) electrons. The predicted octanol–water partition coefficient (Wildman–Crippen LogP) is 5.94. The van der Waals surface area contributed by atoms with Crippen LogP contribution in [0.4, 0.5) is 17.1 Å². The Labute approximate surface area is 234 Å². The first-order valence-electron chi connectivity index (χ1n) is 13.4. The van der Waals surface area contributed by atoms with Crippen molar-refractivity contribution in [3.8, 4) is 0 Å². The Kier molecular flexibility index (Phi) is 7.19. The van der Waals surface area contributed by atoms with Crippen LogP contribution in [-0.4, -0.2) is 38.0 Å². The molecule has 1 saturated heterocycles. The molecule has 0 spiro atoms. The van der Waals surface area contributed by atoms with Crippen LogP contribution in [-0.2, 0) is 21.4 Å². The zero-order chi connectivity index (χ0) is 27.5. The summed E-state index contributed by atoms with van der Waals surface area (Å²) in [6.45, 7) is 3.20. The van der Waals surface area contributed by atoms with Gasteiger partial charge in [-0.15, -0.1) is 0 Å². The molecule has 0 aromatic heterocycles. The van der Waals surface area contributed by atoms with Crippen LogP contribution in [0.5, 0.6) is 0 Å². The summed E-state index contributed by atoms with van der Waals surface area (Å²) in [6, 6.07) is 31.1. The molecule has 2 heterocycles. The summed E-state index contributed by atoms with van der Waals surface area (Å²) in [5.74, 6) is -0.908. The normalized spacial score (nSPS) is 17.4. The smallest absolute Gasteiger partial charge is 0.261 e. The maximum Gasteiger partial charge on any atom is 0.261 e. The minimum atomic E-state index is -3.78. The minimum Gasteiger partial charge on any atom is -0.325 e. The molecule has 1 fully saturated rings. The summed E-state index contributed by atoms with van der Waals surface area (Å²) >= 11 is 0. The van der Waals surface area contributed by atoms with Crippen molar-refractivity contribution < 1.29 is 13.2 Å². The van der Waals surface area contributed by atoms with Crippen LogP contribution in [0.2, 0.25) is 0 Å². The summed E-state index contributed by atoms with van der Waals surface area (Å²) in [7, 11) is -3.78. The van der Waals surface area contributed by atoms with Gasteiger partial charge < -0.3 is 5.32 Å². The highest BCUT2D eigenvalue weighted by Gasteiger charge is 2.36. The lowest BCUT2D eigenvalue weighted by Gasteiger charge is -2.16. The maximum absolute atomic E-state index is 13.4. The monoisotopic (exact) mass is 550 g/mol. The van der Waals surface area contributed by atoms with Gasteiger partial charge >= 0.3 is 0 Å². The number of hydrogen-bond acceptors (Lipinski definition) is 5.